The molecule has 2 aromatic heterocycles. The van der Waals surface area contributed by atoms with E-state index in [1.807, 2.05) is 12.3 Å². The van der Waals surface area contributed by atoms with Crippen molar-refractivity contribution in [2.24, 2.45) is 0 Å². The largest absolute Gasteiger partial charge is 0.352 e. The maximum Gasteiger partial charge on any atom is 0.170 e. The number of benzene rings is 1. The summed E-state index contributed by atoms with van der Waals surface area (Å²) in [5.74, 6) is 0. The van der Waals surface area contributed by atoms with Gasteiger partial charge in [-0.15, -0.1) is 0 Å². The molecular formula is C28H37N5S. The second kappa shape index (κ2) is 10.3. The molecule has 1 fully saturated rings. The Labute approximate surface area is 209 Å². The molecule has 0 spiro atoms. The van der Waals surface area contributed by atoms with Gasteiger partial charge in [-0.1, -0.05) is 31.2 Å². The summed E-state index contributed by atoms with van der Waals surface area (Å²) < 4.78 is 2.44. The standard InChI is InChI=1S/C28H37N5S/c1-7-22-13-10-12-19(2)26(22)33-20(3)18-23(21(33)4)27-25(24-14-8-9-15-29-24)30-28(34)32(27)17-11-16-31(5)6/h8-10,12-15,18,25,27H,7,11,16-17H2,1-6H3,(H,30,34)/t25-,27+/m1/s1. The molecule has 0 radical (unpaired) electrons. The van der Waals surface area contributed by atoms with Crippen LogP contribution in [0.2, 0.25) is 0 Å². The van der Waals surface area contributed by atoms with Gasteiger partial charge in [-0.25, -0.2) is 0 Å². The van der Waals surface area contributed by atoms with E-state index in [9.17, 15) is 0 Å². The van der Waals surface area contributed by atoms with Gasteiger partial charge in [0.2, 0.25) is 0 Å². The lowest BCUT2D eigenvalue weighted by Crippen LogP contribution is -2.32. The Kier molecular flexibility index (Phi) is 7.39. The Balaban J connectivity index is 1.82. The Morgan fingerprint density at radius 3 is 2.56 bits per heavy atom. The van der Waals surface area contributed by atoms with Gasteiger partial charge in [-0.05, 0) is 101 Å². The zero-order valence-corrected chi connectivity index (χ0v) is 22.1. The molecular weight excluding hydrogens is 438 g/mol. The van der Waals surface area contributed by atoms with E-state index in [0.29, 0.717) is 0 Å². The summed E-state index contributed by atoms with van der Waals surface area (Å²) in [6.45, 7) is 10.9. The van der Waals surface area contributed by atoms with Gasteiger partial charge >= 0.3 is 0 Å². The summed E-state index contributed by atoms with van der Waals surface area (Å²) in [6.07, 6.45) is 3.93. The second-order valence-electron chi connectivity index (χ2n) is 9.57. The molecule has 1 aliphatic heterocycles. The Hall–Kier alpha value is -2.70. The minimum Gasteiger partial charge on any atom is -0.352 e. The molecule has 3 heterocycles. The van der Waals surface area contributed by atoms with Gasteiger partial charge in [-0.3, -0.25) is 4.98 Å². The molecule has 1 N–H and O–H groups in total. The average Bonchev–Trinajstić information content (AvgIpc) is 3.29. The highest BCUT2D eigenvalue weighted by molar-refractivity contribution is 7.80. The van der Waals surface area contributed by atoms with Crippen LogP contribution in [0.25, 0.3) is 5.69 Å². The van der Waals surface area contributed by atoms with Crippen LogP contribution in [-0.4, -0.2) is 51.6 Å². The molecule has 1 aliphatic rings. The number of rotatable bonds is 8. The monoisotopic (exact) mass is 475 g/mol. The molecule has 180 valence electrons. The van der Waals surface area contributed by atoms with E-state index in [0.717, 1.165) is 36.7 Å². The first-order valence-electron chi connectivity index (χ1n) is 12.2. The fourth-order valence-corrected chi connectivity index (χ4v) is 5.63. The molecule has 0 bridgehead atoms. The van der Waals surface area contributed by atoms with Crippen LogP contribution in [0.4, 0.5) is 0 Å². The van der Waals surface area contributed by atoms with Crippen molar-refractivity contribution in [3.05, 3.63) is 82.4 Å². The predicted molar refractivity (Wildman–Crippen MR) is 145 cm³/mol. The van der Waals surface area contributed by atoms with Crippen molar-refractivity contribution in [3.8, 4) is 5.69 Å². The molecule has 0 aliphatic carbocycles. The Morgan fingerprint density at radius 1 is 1.09 bits per heavy atom. The third-order valence-corrected chi connectivity index (χ3v) is 7.27. The van der Waals surface area contributed by atoms with E-state index in [1.165, 1.54) is 33.8 Å². The number of pyridine rings is 1. The third kappa shape index (κ3) is 4.62. The molecule has 0 saturated carbocycles. The van der Waals surface area contributed by atoms with Crippen LogP contribution in [0.15, 0.2) is 48.7 Å². The minimum absolute atomic E-state index is 0.0181. The molecule has 5 nitrogen and oxygen atoms in total. The third-order valence-electron chi connectivity index (χ3n) is 6.92. The van der Waals surface area contributed by atoms with Crippen molar-refractivity contribution in [3.63, 3.8) is 0 Å². The highest BCUT2D eigenvalue weighted by Crippen LogP contribution is 2.42. The summed E-state index contributed by atoms with van der Waals surface area (Å²) in [5.41, 5.74) is 8.86. The number of aryl methyl sites for hydroxylation is 3. The van der Waals surface area contributed by atoms with Crippen molar-refractivity contribution in [1.29, 1.82) is 0 Å². The number of nitrogens with zero attached hydrogens (tertiary/aromatic N) is 4. The van der Waals surface area contributed by atoms with Crippen LogP contribution in [0.1, 0.15) is 59.2 Å². The van der Waals surface area contributed by atoms with E-state index in [-0.39, 0.29) is 12.1 Å². The number of hydrogen-bond donors (Lipinski definition) is 1. The van der Waals surface area contributed by atoms with Crippen molar-refractivity contribution in [1.82, 2.24) is 24.7 Å². The SMILES string of the molecule is CCc1cccc(C)c1-n1c(C)cc([C@H]2[C@@H](c3ccccn3)NC(=S)N2CCCN(C)C)c1C. The first-order chi connectivity index (χ1) is 16.3. The summed E-state index contributed by atoms with van der Waals surface area (Å²) >= 11 is 5.88. The highest BCUT2D eigenvalue weighted by atomic mass is 32.1. The van der Waals surface area contributed by atoms with E-state index in [1.54, 1.807) is 0 Å². The van der Waals surface area contributed by atoms with E-state index in [4.69, 9.17) is 17.2 Å². The second-order valence-corrected chi connectivity index (χ2v) is 9.96. The summed E-state index contributed by atoms with van der Waals surface area (Å²) in [5, 5.41) is 4.42. The quantitative estimate of drug-likeness (QED) is 0.448. The van der Waals surface area contributed by atoms with Crippen LogP contribution in [0, 0.1) is 20.8 Å². The molecule has 2 atom stereocenters. The average molecular weight is 476 g/mol. The van der Waals surface area contributed by atoms with Crippen molar-refractivity contribution in [2.75, 3.05) is 27.2 Å². The summed E-state index contributed by atoms with van der Waals surface area (Å²) in [7, 11) is 4.24. The molecule has 34 heavy (non-hydrogen) atoms. The number of thiocarbonyl (C=S) groups is 1. The zero-order valence-electron chi connectivity index (χ0n) is 21.3. The molecule has 0 amide bonds. The van der Waals surface area contributed by atoms with Crippen LogP contribution in [0.5, 0.6) is 0 Å². The molecule has 6 heteroatoms. The highest BCUT2D eigenvalue weighted by Gasteiger charge is 2.41. The van der Waals surface area contributed by atoms with E-state index >= 15 is 0 Å². The first kappa shape index (κ1) is 24.4. The summed E-state index contributed by atoms with van der Waals surface area (Å²) in [4.78, 5) is 9.32. The lowest BCUT2D eigenvalue weighted by Gasteiger charge is -2.28. The van der Waals surface area contributed by atoms with Gasteiger partial charge in [0.1, 0.15) is 0 Å². The maximum absolute atomic E-state index is 5.88. The van der Waals surface area contributed by atoms with Crippen LogP contribution in [0.3, 0.4) is 0 Å². The lowest BCUT2D eigenvalue weighted by molar-refractivity contribution is 0.292. The fraction of sp³-hybridized carbons (Fsp3) is 0.429. The number of aromatic nitrogens is 2. The number of hydrogen-bond acceptors (Lipinski definition) is 3. The molecule has 1 aromatic carbocycles. The van der Waals surface area contributed by atoms with Gasteiger partial charge < -0.3 is 19.7 Å². The van der Waals surface area contributed by atoms with Gasteiger partial charge in [-0.2, -0.15) is 0 Å². The van der Waals surface area contributed by atoms with Crippen molar-refractivity contribution >= 4 is 17.3 Å². The summed E-state index contributed by atoms with van der Waals surface area (Å²) in [6, 6.07) is 15.2. The Bertz CT molecular complexity index is 1150. The van der Waals surface area contributed by atoms with Gasteiger partial charge in [0.15, 0.2) is 5.11 Å². The molecule has 4 rings (SSSR count). The molecule has 3 aromatic rings. The smallest absolute Gasteiger partial charge is 0.170 e. The van der Waals surface area contributed by atoms with Crippen LogP contribution >= 0.6 is 12.2 Å². The van der Waals surface area contributed by atoms with Crippen molar-refractivity contribution in [2.45, 2.75) is 52.6 Å². The van der Waals surface area contributed by atoms with Crippen LogP contribution < -0.4 is 5.32 Å². The van der Waals surface area contributed by atoms with Gasteiger partial charge in [0.05, 0.1) is 23.5 Å². The van der Waals surface area contributed by atoms with Gasteiger partial charge in [0.25, 0.3) is 0 Å². The predicted octanol–water partition coefficient (Wildman–Crippen LogP) is 5.28. The molecule has 1 saturated heterocycles. The van der Waals surface area contributed by atoms with Gasteiger partial charge in [0, 0.05) is 24.1 Å². The Morgan fingerprint density at radius 2 is 1.88 bits per heavy atom. The van der Waals surface area contributed by atoms with Crippen molar-refractivity contribution < 1.29 is 0 Å². The fourth-order valence-electron chi connectivity index (χ4n) is 5.30. The first-order valence-corrected chi connectivity index (χ1v) is 12.6. The zero-order chi connectivity index (χ0) is 24.4. The lowest BCUT2D eigenvalue weighted by atomic mass is 9.96. The molecule has 0 unspecified atom stereocenters. The topological polar surface area (TPSA) is 36.3 Å². The maximum atomic E-state index is 5.88. The van der Waals surface area contributed by atoms with E-state index < -0.39 is 0 Å². The number of para-hydroxylation sites is 1. The normalized spacial score (nSPS) is 18.1. The minimum atomic E-state index is 0.0181. The van der Waals surface area contributed by atoms with E-state index in [2.05, 4.69) is 97.9 Å². The number of nitrogens with one attached hydrogen (secondary N) is 1. The van der Waals surface area contributed by atoms with Crippen LogP contribution in [-0.2, 0) is 6.42 Å².